The second-order valence-electron chi connectivity index (χ2n) is 8.09. The van der Waals surface area contributed by atoms with E-state index in [9.17, 15) is 4.79 Å². The minimum Gasteiger partial charge on any atom is -0.494 e. The van der Waals surface area contributed by atoms with Crippen LogP contribution in [0.2, 0.25) is 0 Å². The van der Waals surface area contributed by atoms with E-state index in [2.05, 4.69) is 49.9 Å². The molecule has 0 radical (unpaired) electrons. The summed E-state index contributed by atoms with van der Waals surface area (Å²) >= 11 is 3.38. The molecule has 7 heteroatoms. The third-order valence-electron chi connectivity index (χ3n) is 4.87. The summed E-state index contributed by atoms with van der Waals surface area (Å²) in [7, 11) is 5.68. The first kappa shape index (κ1) is 23.6. The summed E-state index contributed by atoms with van der Waals surface area (Å²) in [5.41, 5.74) is 2.97. The van der Waals surface area contributed by atoms with Gasteiger partial charge in [-0.15, -0.1) is 11.8 Å². The topological polar surface area (TPSA) is 45.7 Å². The summed E-state index contributed by atoms with van der Waals surface area (Å²) in [6.07, 6.45) is 0.353. The lowest BCUT2D eigenvalue weighted by atomic mass is 10.1. The molecule has 1 amide bonds. The number of fused-ring (bicyclic) bond motifs is 1. The number of likely N-dealkylation sites (N-methyl/N-ethyl adjacent to an activating group) is 1. The zero-order valence-corrected chi connectivity index (χ0v) is 20.8. The van der Waals surface area contributed by atoms with Gasteiger partial charge in [0.15, 0.2) is 5.13 Å². The molecule has 5 nitrogen and oxygen atoms in total. The number of thioether (sulfide) groups is 1. The van der Waals surface area contributed by atoms with Crippen LogP contribution in [0.15, 0.2) is 41.3 Å². The highest BCUT2D eigenvalue weighted by atomic mass is 32.2. The van der Waals surface area contributed by atoms with Crippen molar-refractivity contribution in [1.29, 1.82) is 0 Å². The van der Waals surface area contributed by atoms with Gasteiger partial charge in [-0.3, -0.25) is 9.69 Å². The Kier molecular flexibility index (Phi) is 7.97. The number of hydrogen-bond acceptors (Lipinski definition) is 6. The fourth-order valence-corrected chi connectivity index (χ4v) is 5.17. The lowest BCUT2D eigenvalue weighted by molar-refractivity contribution is -0.118. The van der Waals surface area contributed by atoms with Gasteiger partial charge in [0.25, 0.3) is 0 Å². The summed E-state index contributed by atoms with van der Waals surface area (Å²) in [5, 5.41) is 1.26. The van der Waals surface area contributed by atoms with Gasteiger partial charge in [-0.1, -0.05) is 43.4 Å². The van der Waals surface area contributed by atoms with Crippen molar-refractivity contribution in [2.24, 2.45) is 0 Å². The van der Waals surface area contributed by atoms with Crippen LogP contribution < -0.4 is 9.64 Å². The van der Waals surface area contributed by atoms with E-state index >= 15 is 0 Å². The number of ether oxygens (including phenoxy) is 1. The number of carbonyl (C=O) groups is 1. The molecule has 0 saturated heterocycles. The molecule has 3 aromatic rings. The van der Waals surface area contributed by atoms with Gasteiger partial charge in [0, 0.05) is 23.2 Å². The Morgan fingerprint density at radius 3 is 2.45 bits per heavy atom. The highest BCUT2D eigenvalue weighted by Crippen LogP contribution is 2.36. The first-order chi connectivity index (χ1) is 14.8. The van der Waals surface area contributed by atoms with Crippen LogP contribution in [-0.4, -0.2) is 55.3 Å². The summed E-state index contributed by atoms with van der Waals surface area (Å²) < 4.78 is 6.56. The van der Waals surface area contributed by atoms with Gasteiger partial charge in [0.2, 0.25) is 5.91 Å². The molecular formula is C24H31N3O2S2. The summed E-state index contributed by atoms with van der Waals surface area (Å²) in [5.74, 6) is 0.795. The Balaban J connectivity index is 1.87. The first-order valence-corrected chi connectivity index (χ1v) is 12.1. The number of thiazole rings is 1. The van der Waals surface area contributed by atoms with Crippen LogP contribution in [0.1, 0.15) is 25.0 Å². The number of nitrogens with zero attached hydrogens (tertiary/aromatic N) is 3. The Labute approximate surface area is 193 Å². The molecule has 3 rings (SSSR count). The van der Waals surface area contributed by atoms with Crippen molar-refractivity contribution in [3.63, 3.8) is 0 Å². The molecule has 2 aromatic carbocycles. The predicted molar refractivity (Wildman–Crippen MR) is 133 cm³/mol. The smallest absolute Gasteiger partial charge is 0.233 e. The third kappa shape index (κ3) is 5.99. The molecule has 0 fully saturated rings. The number of aromatic nitrogens is 1. The zero-order chi connectivity index (χ0) is 22.5. The molecule has 0 unspecified atom stereocenters. The second kappa shape index (κ2) is 10.5. The molecule has 0 N–H and O–H groups in total. The molecule has 0 atom stereocenters. The van der Waals surface area contributed by atoms with Gasteiger partial charge >= 0.3 is 0 Å². The number of rotatable bonds is 9. The largest absolute Gasteiger partial charge is 0.494 e. The molecule has 166 valence electrons. The number of hydrogen-bond donors (Lipinski definition) is 0. The molecule has 0 saturated carbocycles. The minimum absolute atomic E-state index is 0.0572. The van der Waals surface area contributed by atoms with E-state index in [4.69, 9.17) is 9.72 Å². The van der Waals surface area contributed by atoms with E-state index < -0.39 is 0 Å². The van der Waals surface area contributed by atoms with E-state index in [1.165, 1.54) is 4.90 Å². The number of methoxy groups -OCH3 is 1. The normalized spacial score (nSPS) is 11.5. The standard InChI is InChI=1S/C24H31N3O2S2/c1-16(2)30-19-10-8-18(9-11-19)15-21(28)27(14-13-26(4)5)24-25-22-20(29-6)12-7-17(3)23(22)31-24/h7-12,16H,13-15H2,1-6H3. The Morgan fingerprint density at radius 2 is 1.84 bits per heavy atom. The van der Waals surface area contributed by atoms with Gasteiger partial charge in [-0.05, 0) is 50.3 Å². The van der Waals surface area contributed by atoms with Crippen LogP contribution >= 0.6 is 23.1 Å². The Bertz CT molecular complexity index is 1030. The van der Waals surface area contributed by atoms with Gasteiger partial charge in [0.1, 0.15) is 11.3 Å². The molecule has 0 bridgehead atoms. The maximum Gasteiger partial charge on any atom is 0.233 e. The van der Waals surface area contributed by atoms with Crippen molar-refractivity contribution in [3.8, 4) is 5.75 Å². The lowest BCUT2D eigenvalue weighted by Gasteiger charge is -2.22. The zero-order valence-electron chi connectivity index (χ0n) is 19.1. The number of benzene rings is 2. The maximum atomic E-state index is 13.3. The average Bonchev–Trinajstić information content (AvgIpc) is 3.15. The number of carbonyl (C=O) groups excluding carboxylic acids is 1. The quantitative estimate of drug-likeness (QED) is 0.411. The lowest BCUT2D eigenvalue weighted by Crippen LogP contribution is -2.37. The van der Waals surface area contributed by atoms with Crippen molar-refractivity contribution >= 4 is 44.4 Å². The molecule has 31 heavy (non-hydrogen) atoms. The molecule has 0 spiro atoms. The second-order valence-corrected chi connectivity index (χ2v) is 10.7. The van der Waals surface area contributed by atoms with E-state index in [1.807, 2.05) is 42.9 Å². The molecule has 0 aliphatic rings. The van der Waals surface area contributed by atoms with Crippen molar-refractivity contribution in [3.05, 3.63) is 47.5 Å². The molecule has 1 aromatic heterocycles. The summed E-state index contributed by atoms with van der Waals surface area (Å²) in [4.78, 5) is 23.3. The fourth-order valence-electron chi connectivity index (χ4n) is 3.23. The van der Waals surface area contributed by atoms with E-state index in [1.54, 1.807) is 18.4 Å². The van der Waals surface area contributed by atoms with Crippen molar-refractivity contribution < 1.29 is 9.53 Å². The van der Waals surface area contributed by atoms with Crippen LogP contribution in [0.25, 0.3) is 10.2 Å². The highest BCUT2D eigenvalue weighted by Gasteiger charge is 2.22. The molecule has 0 aliphatic carbocycles. The first-order valence-electron chi connectivity index (χ1n) is 10.4. The van der Waals surface area contributed by atoms with Gasteiger partial charge in [0.05, 0.1) is 18.2 Å². The number of amides is 1. The summed E-state index contributed by atoms with van der Waals surface area (Å²) in [6, 6.07) is 12.3. The highest BCUT2D eigenvalue weighted by molar-refractivity contribution is 7.99. The SMILES string of the molecule is COc1ccc(C)c2sc(N(CCN(C)C)C(=O)Cc3ccc(SC(C)C)cc3)nc12. The maximum absolute atomic E-state index is 13.3. The minimum atomic E-state index is 0.0572. The molecule has 1 heterocycles. The van der Waals surface area contributed by atoms with Crippen LogP contribution in [0.5, 0.6) is 5.75 Å². The molecule has 0 aliphatic heterocycles. The summed E-state index contributed by atoms with van der Waals surface area (Å²) in [6.45, 7) is 7.78. The number of anilines is 1. The third-order valence-corrected chi connectivity index (χ3v) is 7.09. The Morgan fingerprint density at radius 1 is 1.13 bits per heavy atom. The van der Waals surface area contributed by atoms with Gasteiger partial charge < -0.3 is 9.64 Å². The van der Waals surface area contributed by atoms with Crippen molar-refractivity contribution in [1.82, 2.24) is 9.88 Å². The molecular weight excluding hydrogens is 426 g/mol. The van der Waals surface area contributed by atoms with Gasteiger partial charge in [-0.2, -0.15) is 0 Å². The Hall–Kier alpha value is -2.09. The van der Waals surface area contributed by atoms with Crippen molar-refractivity contribution in [2.45, 2.75) is 37.3 Å². The van der Waals surface area contributed by atoms with Crippen LogP contribution in [0.4, 0.5) is 5.13 Å². The average molecular weight is 458 g/mol. The van der Waals surface area contributed by atoms with Gasteiger partial charge in [-0.25, -0.2) is 4.98 Å². The van der Waals surface area contributed by atoms with Crippen LogP contribution in [0, 0.1) is 6.92 Å². The number of aryl methyl sites for hydroxylation is 1. The van der Waals surface area contributed by atoms with E-state index in [0.717, 1.165) is 38.8 Å². The van der Waals surface area contributed by atoms with E-state index in [0.29, 0.717) is 18.2 Å². The van der Waals surface area contributed by atoms with E-state index in [-0.39, 0.29) is 5.91 Å². The van der Waals surface area contributed by atoms with Crippen LogP contribution in [0.3, 0.4) is 0 Å². The predicted octanol–water partition coefficient (Wildman–Crippen LogP) is 5.25. The van der Waals surface area contributed by atoms with Crippen LogP contribution in [-0.2, 0) is 11.2 Å². The fraction of sp³-hybridized carbons (Fsp3) is 0.417. The van der Waals surface area contributed by atoms with Crippen molar-refractivity contribution in [2.75, 3.05) is 39.2 Å². The monoisotopic (exact) mass is 457 g/mol.